The van der Waals surface area contributed by atoms with E-state index in [9.17, 15) is 5.11 Å². The summed E-state index contributed by atoms with van der Waals surface area (Å²) in [6.07, 6.45) is 11.4. The van der Waals surface area contributed by atoms with Gasteiger partial charge in [0.2, 0.25) is 0 Å². The summed E-state index contributed by atoms with van der Waals surface area (Å²) < 4.78 is 0. The molecule has 0 aromatic rings. The van der Waals surface area contributed by atoms with Crippen LogP contribution in [0.3, 0.4) is 0 Å². The topological polar surface area (TPSA) is 23.1 Å². The summed E-state index contributed by atoms with van der Waals surface area (Å²) in [5.74, 6) is 0. The van der Waals surface area contributed by atoms with Gasteiger partial charge in [-0.3, -0.25) is 0 Å². The molecule has 0 aliphatic carbocycles. The molecule has 0 saturated heterocycles. The molecule has 0 bridgehead atoms. The minimum Gasteiger partial charge on any atom is -0.878 e. The van der Waals surface area contributed by atoms with Crippen molar-refractivity contribution < 1.29 is 34.7 Å². The van der Waals surface area contributed by atoms with Crippen LogP contribution >= 0.6 is 0 Å². The van der Waals surface area contributed by atoms with Gasteiger partial charge < -0.3 is 5.11 Å². The summed E-state index contributed by atoms with van der Waals surface area (Å²) in [5.41, 5.74) is 0. The van der Waals surface area contributed by atoms with Crippen molar-refractivity contribution in [3.05, 3.63) is 12.3 Å². The summed E-state index contributed by atoms with van der Waals surface area (Å²) in [5, 5.41) is 9.88. The van der Waals surface area contributed by atoms with Crippen molar-refractivity contribution in [2.75, 3.05) is 0 Å². The molecule has 0 aliphatic rings. The Morgan fingerprint density at radius 2 is 1.58 bits per heavy atom. The van der Waals surface area contributed by atoms with Crippen LogP contribution in [-0.2, 0) is 0 Å². The Hall–Kier alpha value is 0.540. The van der Waals surface area contributed by atoms with E-state index in [1.54, 1.807) is 6.08 Å². The zero-order valence-corrected chi connectivity index (χ0v) is 10.5. The maximum absolute atomic E-state index is 9.88. The Morgan fingerprint density at radius 3 is 2.17 bits per heavy atom. The second kappa shape index (κ2) is 14.1. The Bertz CT molecular complexity index is 91.8. The molecule has 0 rings (SSSR count). The number of rotatable bonds is 7. The number of allylic oxidation sites excluding steroid dienone is 1. The smallest absolute Gasteiger partial charge is 0.878 e. The first kappa shape index (κ1) is 15.0. The predicted molar refractivity (Wildman–Crippen MR) is 47.1 cm³/mol. The van der Waals surface area contributed by atoms with Crippen LogP contribution in [0.2, 0.25) is 0 Å². The molecule has 12 heavy (non-hydrogen) atoms. The summed E-state index contributed by atoms with van der Waals surface area (Å²) in [6, 6.07) is 0. The van der Waals surface area contributed by atoms with Gasteiger partial charge in [-0.15, -0.1) is 0 Å². The van der Waals surface area contributed by atoms with Crippen molar-refractivity contribution in [2.24, 2.45) is 0 Å². The molecule has 0 aliphatic heterocycles. The Kier molecular flexibility index (Phi) is 17.6. The fourth-order valence-electron chi connectivity index (χ4n) is 1.11. The van der Waals surface area contributed by atoms with E-state index >= 15 is 0 Å². The standard InChI is InChI=1S/C10H20O.Na/c1-2-3-4-5-6-7-8-9-10-11;/h9-11H,2-8H2,1H3;/q;+1/p-1. The van der Waals surface area contributed by atoms with Gasteiger partial charge in [-0.1, -0.05) is 45.1 Å². The van der Waals surface area contributed by atoms with Crippen LogP contribution in [0.1, 0.15) is 51.9 Å². The maximum Gasteiger partial charge on any atom is 1.00 e. The van der Waals surface area contributed by atoms with E-state index in [0.717, 1.165) is 12.7 Å². The molecule has 0 N–H and O–H groups in total. The third kappa shape index (κ3) is 13.2. The second-order valence-corrected chi connectivity index (χ2v) is 2.93. The zero-order valence-electron chi connectivity index (χ0n) is 8.51. The van der Waals surface area contributed by atoms with E-state index in [2.05, 4.69) is 6.92 Å². The van der Waals surface area contributed by atoms with Crippen molar-refractivity contribution >= 4 is 0 Å². The molecule has 2 heteroatoms. The molecule has 0 spiro atoms. The van der Waals surface area contributed by atoms with Crippen LogP contribution in [-0.4, -0.2) is 0 Å². The Morgan fingerprint density at radius 1 is 1.00 bits per heavy atom. The first-order valence-electron chi connectivity index (χ1n) is 4.68. The molecule has 0 atom stereocenters. The minimum atomic E-state index is 0. The van der Waals surface area contributed by atoms with Crippen LogP contribution in [0.25, 0.3) is 0 Å². The predicted octanol–water partition coefficient (Wildman–Crippen LogP) is -0.385. The SMILES string of the molecule is CCCCCCCCC=C[O-].[Na+]. The van der Waals surface area contributed by atoms with E-state index in [0.29, 0.717) is 0 Å². The second-order valence-electron chi connectivity index (χ2n) is 2.93. The van der Waals surface area contributed by atoms with Gasteiger partial charge in [0.15, 0.2) is 0 Å². The molecule has 0 amide bonds. The van der Waals surface area contributed by atoms with Gasteiger partial charge in [0.05, 0.1) is 0 Å². The third-order valence-corrected chi connectivity index (χ3v) is 1.82. The maximum atomic E-state index is 9.88. The molecule has 0 radical (unpaired) electrons. The summed E-state index contributed by atoms with van der Waals surface area (Å²) in [4.78, 5) is 0. The summed E-state index contributed by atoms with van der Waals surface area (Å²) in [7, 11) is 0. The van der Waals surface area contributed by atoms with Gasteiger partial charge in [-0.25, -0.2) is 0 Å². The van der Waals surface area contributed by atoms with Crippen LogP contribution in [0.15, 0.2) is 12.3 Å². The van der Waals surface area contributed by atoms with Gasteiger partial charge in [0.25, 0.3) is 0 Å². The first-order valence-corrected chi connectivity index (χ1v) is 4.68. The Balaban J connectivity index is 0. The molecular formula is C10H19NaO. The van der Waals surface area contributed by atoms with Gasteiger partial charge in [-0.05, 0) is 12.8 Å². The number of hydrogen-bond acceptors (Lipinski definition) is 1. The van der Waals surface area contributed by atoms with Crippen molar-refractivity contribution in [1.29, 1.82) is 0 Å². The van der Waals surface area contributed by atoms with Crippen LogP contribution < -0.4 is 34.7 Å². The molecule has 0 fully saturated rings. The third-order valence-electron chi connectivity index (χ3n) is 1.82. The average Bonchev–Trinajstić information content (AvgIpc) is 2.03. The van der Waals surface area contributed by atoms with Crippen molar-refractivity contribution in [3.63, 3.8) is 0 Å². The fourth-order valence-corrected chi connectivity index (χ4v) is 1.11. The molecule has 0 heterocycles. The molecular weight excluding hydrogens is 159 g/mol. The van der Waals surface area contributed by atoms with Gasteiger partial charge in [0, 0.05) is 0 Å². The molecule has 0 saturated carbocycles. The summed E-state index contributed by atoms with van der Waals surface area (Å²) in [6.45, 7) is 2.22. The van der Waals surface area contributed by atoms with Crippen molar-refractivity contribution in [3.8, 4) is 0 Å². The van der Waals surface area contributed by atoms with Crippen LogP contribution in [0.5, 0.6) is 0 Å². The molecule has 0 aromatic heterocycles. The van der Waals surface area contributed by atoms with Crippen molar-refractivity contribution in [2.45, 2.75) is 51.9 Å². The number of hydrogen-bond donors (Lipinski definition) is 0. The molecule has 1 nitrogen and oxygen atoms in total. The van der Waals surface area contributed by atoms with Crippen LogP contribution in [0, 0.1) is 0 Å². The van der Waals surface area contributed by atoms with E-state index in [1.165, 1.54) is 38.5 Å². The monoisotopic (exact) mass is 178 g/mol. The van der Waals surface area contributed by atoms with Gasteiger partial charge in [-0.2, -0.15) is 6.26 Å². The fraction of sp³-hybridized carbons (Fsp3) is 0.800. The van der Waals surface area contributed by atoms with E-state index in [4.69, 9.17) is 0 Å². The zero-order chi connectivity index (χ0) is 8.36. The van der Waals surface area contributed by atoms with Gasteiger partial charge >= 0.3 is 29.6 Å². The molecule has 0 unspecified atom stereocenters. The van der Waals surface area contributed by atoms with E-state index in [1.807, 2.05) is 0 Å². The Labute approximate surface area is 98.5 Å². The quantitative estimate of drug-likeness (QED) is 0.296. The average molecular weight is 178 g/mol. The largest absolute Gasteiger partial charge is 1.00 e. The first-order chi connectivity index (χ1) is 5.41. The van der Waals surface area contributed by atoms with Crippen molar-refractivity contribution in [1.82, 2.24) is 0 Å². The van der Waals surface area contributed by atoms with Crippen LogP contribution in [0.4, 0.5) is 0 Å². The molecule has 66 valence electrons. The number of unbranched alkanes of at least 4 members (excludes halogenated alkanes) is 6. The molecule has 0 aromatic carbocycles. The summed E-state index contributed by atoms with van der Waals surface area (Å²) >= 11 is 0. The normalized spacial score (nSPS) is 10.1. The van der Waals surface area contributed by atoms with Gasteiger partial charge in [0.1, 0.15) is 0 Å². The minimum absolute atomic E-state index is 0. The van der Waals surface area contributed by atoms with E-state index in [-0.39, 0.29) is 29.6 Å². The van der Waals surface area contributed by atoms with E-state index < -0.39 is 0 Å².